The molecule has 38 heavy (non-hydrogen) atoms. The number of rotatable bonds is 6. The number of nitrogens with zero attached hydrogens (tertiary/aromatic N) is 5. The second-order valence-electron chi connectivity index (χ2n) is 10.3. The minimum absolute atomic E-state index is 0.0541. The third kappa shape index (κ3) is 5.11. The zero-order chi connectivity index (χ0) is 26.8. The number of fused-ring (bicyclic) bond motifs is 1. The van der Waals surface area contributed by atoms with E-state index in [1.54, 1.807) is 23.6 Å². The van der Waals surface area contributed by atoms with Crippen LogP contribution in [0.2, 0.25) is 0 Å². The van der Waals surface area contributed by atoms with Crippen LogP contribution in [0.15, 0.2) is 30.3 Å². The first-order valence-electron chi connectivity index (χ1n) is 13.8. The summed E-state index contributed by atoms with van der Waals surface area (Å²) < 4.78 is 22.2. The van der Waals surface area contributed by atoms with E-state index in [1.165, 1.54) is 6.07 Å². The smallest absolute Gasteiger partial charge is 0.310 e. The normalized spacial score (nSPS) is 20.1. The van der Waals surface area contributed by atoms with Gasteiger partial charge in [-0.25, -0.2) is 13.9 Å². The van der Waals surface area contributed by atoms with Crippen molar-refractivity contribution in [3.8, 4) is 11.3 Å². The van der Waals surface area contributed by atoms with Gasteiger partial charge in [0.05, 0.1) is 18.2 Å². The number of esters is 1. The Morgan fingerprint density at radius 3 is 2.68 bits per heavy atom. The van der Waals surface area contributed by atoms with Crippen molar-refractivity contribution in [2.24, 2.45) is 5.92 Å². The number of amides is 1. The molecule has 0 aliphatic carbocycles. The molecule has 2 aliphatic rings. The van der Waals surface area contributed by atoms with Gasteiger partial charge in [0.2, 0.25) is 0 Å². The molecule has 0 bridgehead atoms. The summed E-state index contributed by atoms with van der Waals surface area (Å²) in [5.41, 5.74) is 3.37. The topological polar surface area (TPSA) is 80.0 Å². The number of ether oxygens (including phenoxy) is 1. The van der Waals surface area contributed by atoms with E-state index in [0.29, 0.717) is 55.1 Å². The van der Waals surface area contributed by atoms with Crippen LogP contribution in [0.1, 0.15) is 69.1 Å². The third-order valence-electron chi connectivity index (χ3n) is 7.80. The van der Waals surface area contributed by atoms with E-state index in [4.69, 9.17) is 4.74 Å². The predicted octanol–water partition coefficient (Wildman–Crippen LogP) is 4.89. The Morgan fingerprint density at radius 2 is 1.92 bits per heavy atom. The monoisotopic (exact) mass is 521 g/mol. The molecule has 0 spiro atoms. The van der Waals surface area contributed by atoms with E-state index in [2.05, 4.69) is 17.0 Å². The maximum absolute atomic E-state index is 15.4. The van der Waals surface area contributed by atoms with Crippen molar-refractivity contribution in [1.29, 1.82) is 0 Å². The fraction of sp³-hybridized carbons (Fsp3) is 0.517. The lowest BCUT2D eigenvalue weighted by Crippen LogP contribution is -2.38. The highest BCUT2D eigenvalue weighted by Crippen LogP contribution is 2.30. The molecule has 2 saturated heterocycles. The number of aromatic nitrogens is 3. The van der Waals surface area contributed by atoms with E-state index >= 15 is 4.39 Å². The fourth-order valence-electron chi connectivity index (χ4n) is 5.61. The predicted molar refractivity (Wildman–Crippen MR) is 144 cm³/mol. The van der Waals surface area contributed by atoms with Crippen LogP contribution < -0.4 is 4.90 Å². The van der Waals surface area contributed by atoms with Crippen molar-refractivity contribution in [2.75, 3.05) is 31.1 Å². The summed E-state index contributed by atoms with van der Waals surface area (Å²) in [7, 11) is 0. The van der Waals surface area contributed by atoms with E-state index in [9.17, 15) is 9.59 Å². The van der Waals surface area contributed by atoms with Gasteiger partial charge in [0.1, 0.15) is 11.5 Å². The SMILES string of the molecule is CCOC(=O)[C@@H]1CCN(c2ccc(-c3cc4nc(C(=O)N5CCCCC[C@H]5C)cc(CC)n4n3)c(F)c2)C1. The molecule has 4 heterocycles. The molecule has 0 N–H and O–H groups in total. The van der Waals surface area contributed by atoms with E-state index in [1.807, 2.05) is 28.9 Å². The molecule has 0 unspecified atom stereocenters. The van der Waals surface area contributed by atoms with Gasteiger partial charge in [-0.05, 0) is 63.8 Å². The zero-order valence-corrected chi connectivity index (χ0v) is 22.5. The summed E-state index contributed by atoms with van der Waals surface area (Å²) in [6.07, 6.45) is 5.64. The second-order valence-corrected chi connectivity index (χ2v) is 10.3. The Morgan fingerprint density at radius 1 is 1.08 bits per heavy atom. The molecular weight excluding hydrogens is 485 g/mol. The van der Waals surface area contributed by atoms with Crippen LogP contribution in [0.4, 0.5) is 10.1 Å². The molecule has 9 heteroatoms. The molecule has 2 atom stereocenters. The van der Waals surface area contributed by atoms with Gasteiger partial charge in [0, 0.05) is 48.7 Å². The number of carbonyl (C=O) groups excluding carboxylic acids is 2. The molecule has 0 saturated carbocycles. The Labute approximate surface area is 222 Å². The Balaban J connectivity index is 1.41. The van der Waals surface area contributed by atoms with Crippen molar-refractivity contribution in [1.82, 2.24) is 19.5 Å². The van der Waals surface area contributed by atoms with Crippen molar-refractivity contribution < 1.29 is 18.7 Å². The summed E-state index contributed by atoms with van der Waals surface area (Å²) in [4.78, 5) is 34.1. The standard InChI is InChI=1S/C29H36FN5O3/c1-4-21-16-26(28(36)34-13-8-6-7-9-19(34)3)31-27-17-25(32-35(21)27)23-11-10-22(15-24(23)30)33-14-12-20(18-33)29(37)38-5-2/h10-11,15-17,19-20H,4-9,12-14,18H2,1-3H3/t19-,20-/m1/s1. The number of hydrogen-bond donors (Lipinski definition) is 0. The highest BCUT2D eigenvalue weighted by Gasteiger charge is 2.30. The highest BCUT2D eigenvalue weighted by atomic mass is 19.1. The third-order valence-corrected chi connectivity index (χ3v) is 7.80. The van der Waals surface area contributed by atoms with Crippen molar-refractivity contribution in [2.45, 2.75) is 65.3 Å². The molecule has 1 amide bonds. The molecule has 5 rings (SSSR count). The lowest BCUT2D eigenvalue weighted by Gasteiger charge is -2.27. The van der Waals surface area contributed by atoms with Gasteiger partial charge < -0.3 is 14.5 Å². The lowest BCUT2D eigenvalue weighted by molar-refractivity contribution is -0.147. The van der Waals surface area contributed by atoms with Crippen LogP contribution in [-0.2, 0) is 16.0 Å². The first-order chi connectivity index (χ1) is 18.4. The van der Waals surface area contributed by atoms with Gasteiger partial charge in [0.15, 0.2) is 5.65 Å². The van der Waals surface area contributed by atoms with E-state index in [0.717, 1.165) is 43.6 Å². The molecule has 2 aliphatic heterocycles. The molecule has 3 aromatic rings. The van der Waals surface area contributed by atoms with Crippen LogP contribution in [-0.4, -0.2) is 63.7 Å². The minimum atomic E-state index is -0.391. The summed E-state index contributed by atoms with van der Waals surface area (Å²) in [5, 5.41) is 4.65. The molecule has 1 aromatic carbocycles. The number of aryl methyl sites for hydroxylation is 1. The first-order valence-corrected chi connectivity index (χ1v) is 13.8. The molecule has 202 valence electrons. The number of carbonyl (C=O) groups is 2. The summed E-state index contributed by atoms with van der Waals surface area (Å²) in [6.45, 7) is 8.20. The fourth-order valence-corrected chi connectivity index (χ4v) is 5.61. The maximum Gasteiger partial charge on any atom is 0.310 e. The highest BCUT2D eigenvalue weighted by molar-refractivity contribution is 5.93. The van der Waals surface area contributed by atoms with Gasteiger partial charge >= 0.3 is 5.97 Å². The van der Waals surface area contributed by atoms with Crippen molar-refractivity contribution >= 4 is 23.2 Å². The first kappa shape index (κ1) is 26.1. The Hall–Kier alpha value is -3.49. The number of hydrogen-bond acceptors (Lipinski definition) is 6. The summed E-state index contributed by atoms with van der Waals surface area (Å²) >= 11 is 0. The van der Waals surface area contributed by atoms with Crippen LogP contribution in [0.25, 0.3) is 16.9 Å². The molecule has 0 radical (unpaired) electrons. The average Bonchev–Trinajstić information content (AvgIpc) is 3.52. The molecular formula is C29H36FN5O3. The second kappa shape index (κ2) is 11.1. The zero-order valence-electron chi connectivity index (χ0n) is 22.5. The summed E-state index contributed by atoms with van der Waals surface area (Å²) in [5.74, 6) is -0.831. The van der Waals surface area contributed by atoms with Gasteiger partial charge in [-0.3, -0.25) is 9.59 Å². The van der Waals surface area contributed by atoms with Gasteiger partial charge in [-0.2, -0.15) is 5.10 Å². The number of halogens is 1. The minimum Gasteiger partial charge on any atom is -0.466 e. The Bertz CT molecular complexity index is 1340. The van der Waals surface area contributed by atoms with Gasteiger partial charge in [-0.1, -0.05) is 19.8 Å². The van der Waals surface area contributed by atoms with Crippen LogP contribution in [0, 0.1) is 11.7 Å². The quantitative estimate of drug-likeness (QED) is 0.430. The molecule has 2 aromatic heterocycles. The van der Waals surface area contributed by atoms with E-state index < -0.39 is 5.82 Å². The summed E-state index contributed by atoms with van der Waals surface area (Å²) in [6, 6.07) is 8.82. The van der Waals surface area contributed by atoms with Crippen molar-refractivity contribution in [3.63, 3.8) is 0 Å². The molecule has 8 nitrogen and oxygen atoms in total. The Kier molecular flexibility index (Phi) is 7.63. The van der Waals surface area contributed by atoms with Gasteiger partial charge in [-0.15, -0.1) is 0 Å². The van der Waals surface area contributed by atoms with E-state index in [-0.39, 0.29) is 23.8 Å². The van der Waals surface area contributed by atoms with Crippen LogP contribution >= 0.6 is 0 Å². The largest absolute Gasteiger partial charge is 0.466 e. The maximum atomic E-state index is 15.4. The number of anilines is 1. The van der Waals surface area contributed by atoms with Crippen LogP contribution in [0.5, 0.6) is 0 Å². The number of benzene rings is 1. The average molecular weight is 522 g/mol. The van der Waals surface area contributed by atoms with Gasteiger partial charge in [0.25, 0.3) is 5.91 Å². The number of likely N-dealkylation sites (tertiary alicyclic amines) is 1. The van der Waals surface area contributed by atoms with Crippen LogP contribution in [0.3, 0.4) is 0 Å². The molecule has 2 fully saturated rings. The van der Waals surface area contributed by atoms with Crippen molar-refractivity contribution in [3.05, 3.63) is 47.5 Å². The lowest BCUT2D eigenvalue weighted by atomic mass is 10.1.